The summed E-state index contributed by atoms with van der Waals surface area (Å²) in [6.07, 6.45) is 3.94. The maximum Gasteiger partial charge on any atom is 0.242 e. The van der Waals surface area contributed by atoms with E-state index in [9.17, 15) is 4.79 Å². The minimum absolute atomic E-state index is 0.199. The van der Waals surface area contributed by atoms with E-state index in [2.05, 4.69) is 52.6 Å². The van der Waals surface area contributed by atoms with Crippen molar-refractivity contribution in [2.75, 3.05) is 13.1 Å². The topological polar surface area (TPSA) is 43.1 Å². The molecule has 2 aromatic heterocycles. The van der Waals surface area contributed by atoms with Gasteiger partial charge >= 0.3 is 0 Å². The van der Waals surface area contributed by atoms with E-state index in [1.54, 1.807) is 0 Å². The molecule has 5 rings (SSSR count). The van der Waals surface area contributed by atoms with Crippen molar-refractivity contribution >= 4 is 27.8 Å². The smallest absolute Gasteiger partial charge is 0.242 e. The summed E-state index contributed by atoms with van der Waals surface area (Å²) in [5.74, 6) is 1.75. The molecule has 4 aromatic rings. The van der Waals surface area contributed by atoms with E-state index in [0.717, 1.165) is 42.8 Å². The number of aromatic nitrogens is 3. The van der Waals surface area contributed by atoms with Gasteiger partial charge in [-0.2, -0.15) is 0 Å². The van der Waals surface area contributed by atoms with Crippen molar-refractivity contribution in [3.05, 3.63) is 66.6 Å². The van der Waals surface area contributed by atoms with Gasteiger partial charge in [0, 0.05) is 37.8 Å². The van der Waals surface area contributed by atoms with Gasteiger partial charge in [0.25, 0.3) is 0 Å². The summed E-state index contributed by atoms with van der Waals surface area (Å²) < 4.78 is 4.26. The Morgan fingerprint density at radius 2 is 1.71 bits per heavy atom. The van der Waals surface area contributed by atoms with Crippen LogP contribution >= 0.6 is 0 Å². The van der Waals surface area contributed by atoms with Crippen LogP contribution in [0.4, 0.5) is 0 Å². The fourth-order valence-electron chi connectivity index (χ4n) is 4.44. The molecule has 1 amide bonds. The van der Waals surface area contributed by atoms with Gasteiger partial charge in [0.1, 0.15) is 12.4 Å². The third kappa shape index (κ3) is 2.87. The van der Waals surface area contributed by atoms with Gasteiger partial charge in [0.2, 0.25) is 5.91 Å². The van der Waals surface area contributed by atoms with Gasteiger partial charge in [0.05, 0.1) is 11.0 Å². The van der Waals surface area contributed by atoms with E-state index in [4.69, 9.17) is 4.98 Å². The molecule has 1 aliphatic heterocycles. The molecule has 0 radical (unpaired) electrons. The molecule has 2 aromatic carbocycles. The third-order valence-corrected chi connectivity index (χ3v) is 6.02. The van der Waals surface area contributed by atoms with Crippen molar-refractivity contribution in [1.82, 2.24) is 19.0 Å². The Labute approximate surface area is 164 Å². The van der Waals surface area contributed by atoms with Gasteiger partial charge in [-0.1, -0.05) is 30.3 Å². The van der Waals surface area contributed by atoms with E-state index in [1.807, 2.05) is 29.3 Å². The highest BCUT2D eigenvalue weighted by Gasteiger charge is 2.27. The van der Waals surface area contributed by atoms with Crippen LogP contribution in [-0.2, 0) is 18.4 Å². The van der Waals surface area contributed by atoms with Crippen molar-refractivity contribution in [2.24, 2.45) is 7.05 Å². The lowest BCUT2D eigenvalue weighted by Gasteiger charge is -2.32. The highest BCUT2D eigenvalue weighted by Crippen LogP contribution is 2.29. The fourth-order valence-corrected chi connectivity index (χ4v) is 4.44. The zero-order chi connectivity index (χ0) is 19.1. The number of carbonyl (C=O) groups excluding carboxylic acids is 1. The number of amides is 1. The molecule has 3 heterocycles. The monoisotopic (exact) mass is 372 g/mol. The normalized spacial score (nSPS) is 15.5. The van der Waals surface area contributed by atoms with Gasteiger partial charge in [-0.15, -0.1) is 0 Å². The van der Waals surface area contributed by atoms with Crippen LogP contribution in [0.3, 0.4) is 0 Å². The average Bonchev–Trinajstić information content (AvgIpc) is 3.30. The summed E-state index contributed by atoms with van der Waals surface area (Å²) in [4.78, 5) is 19.7. The molecule has 1 saturated heterocycles. The van der Waals surface area contributed by atoms with Crippen LogP contribution in [-0.4, -0.2) is 38.0 Å². The van der Waals surface area contributed by atoms with Gasteiger partial charge in [-0.05, 0) is 42.5 Å². The maximum absolute atomic E-state index is 12.8. The number of imidazole rings is 1. The molecule has 0 aliphatic carbocycles. The van der Waals surface area contributed by atoms with Crippen molar-refractivity contribution in [2.45, 2.75) is 25.3 Å². The van der Waals surface area contributed by atoms with Gasteiger partial charge in [-0.25, -0.2) is 4.98 Å². The summed E-state index contributed by atoms with van der Waals surface area (Å²) in [5, 5.41) is 1.18. The minimum atomic E-state index is 0.199. The van der Waals surface area contributed by atoms with Crippen LogP contribution in [0.1, 0.15) is 24.6 Å². The first kappa shape index (κ1) is 17.0. The molecular weight excluding hydrogens is 348 g/mol. The number of likely N-dealkylation sites (tertiary alicyclic amines) is 1. The SMILES string of the molecule is Cn1c(C2CCN(C(=O)Cn3ccc4ccccc43)CC2)nc2ccccc21. The molecule has 0 unspecified atom stereocenters. The first-order valence-electron chi connectivity index (χ1n) is 9.94. The molecule has 0 atom stereocenters. The number of carbonyl (C=O) groups is 1. The van der Waals surface area contributed by atoms with Crippen molar-refractivity contribution in [3.8, 4) is 0 Å². The highest BCUT2D eigenvalue weighted by molar-refractivity contribution is 5.83. The molecule has 142 valence electrons. The molecule has 0 N–H and O–H groups in total. The second-order valence-corrected chi connectivity index (χ2v) is 7.68. The van der Waals surface area contributed by atoms with Crippen LogP contribution in [0.2, 0.25) is 0 Å². The zero-order valence-electron chi connectivity index (χ0n) is 16.1. The first-order chi connectivity index (χ1) is 13.7. The standard InChI is InChI=1S/C23H24N4O/c1-25-21-9-5-3-7-19(21)24-23(25)18-11-13-26(14-12-18)22(28)16-27-15-10-17-6-2-4-8-20(17)27/h2-10,15,18H,11-14,16H2,1H3. The van der Waals surface area contributed by atoms with Crippen LogP contribution < -0.4 is 0 Å². The Morgan fingerprint density at radius 3 is 2.50 bits per heavy atom. The number of nitrogens with zero attached hydrogens (tertiary/aromatic N) is 4. The van der Waals surface area contributed by atoms with Gasteiger partial charge in [-0.3, -0.25) is 4.79 Å². The number of aryl methyl sites for hydroxylation is 1. The van der Waals surface area contributed by atoms with Gasteiger partial charge < -0.3 is 14.0 Å². The van der Waals surface area contributed by atoms with Gasteiger partial charge in [0.15, 0.2) is 0 Å². The number of fused-ring (bicyclic) bond motifs is 2. The van der Waals surface area contributed by atoms with Crippen molar-refractivity contribution in [3.63, 3.8) is 0 Å². The number of hydrogen-bond donors (Lipinski definition) is 0. The lowest BCUT2D eigenvalue weighted by molar-refractivity contribution is -0.132. The molecule has 1 aliphatic rings. The molecule has 28 heavy (non-hydrogen) atoms. The van der Waals surface area contributed by atoms with Crippen molar-refractivity contribution in [1.29, 1.82) is 0 Å². The summed E-state index contributed by atoms with van der Waals surface area (Å²) in [7, 11) is 2.10. The lowest BCUT2D eigenvalue weighted by atomic mass is 9.96. The summed E-state index contributed by atoms with van der Waals surface area (Å²) in [6.45, 7) is 2.00. The Hall–Kier alpha value is -3.08. The quantitative estimate of drug-likeness (QED) is 0.547. The highest BCUT2D eigenvalue weighted by atomic mass is 16.2. The number of rotatable bonds is 3. The zero-order valence-corrected chi connectivity index (χ0v) is 16.1. The predicted molar refractivity (Wildman–Crippen MR) is 111 cm³/mol. The Balaban J connectivity index is 1.27. The first-order valence-corrected chi connectivity index (χ1v) is 9.94. The maximum atomic E-state index is 12.8. The second-order valence-electron chi connectivity index (χ2n) is 7.68. The van der Waals surface area contributed by atoms with Crippen LogP contribution in [0.25, 0.3) is 21.9 Å². The number of benzene rings is 2. The number of para-hydroxylation sites is 3. The van der Waals surface area contributed by atoms with Crippen LogP contribution in [0.5, 0.6) is 0 Å². The number of piperidine rings is 1. The van der Waals surface area contributed by atoms with E-state index in [0.29, 0.717) is 12.5 Å². The molecule has 5 nitrogen and oxygen atoms in total. The van der Waals surface area contributed by atoms with Crippen LogP contribution in [0.15, 0.2) is 60.8 Å². The van der Waals surface area contributed by atoms with Crippen LogP contribution in [0, 0.1) is 0 Å². The minimum Gasteiger partial charge on any atom is -0.341 e. The summed E-state index contributed by atoms with van der Waals surface area (Å²) in [6, 6.07) is 18.5. The second kappa shape index (κ2) is 6.82. The Bertz CT molecular complexity index is 1150. The average molecular weight is 372 g/mol. The molecule has 0 bridgehead atoms. The van der Waals surface area contributed by atoms with Crippen molar-refractivity contribution < 1.29 is 4.79 Å². The molecule has 0 saturated carbocycles. The Kier molecular flexibility index (Phi) is 4.15. The van der Waals surface area contributed by atoms with E-state index < -0.39 is 0 Å². The molecule has 5 heteroatoms. The summed E-state index contributed by atoms with van der Waals surface area (Å²) in [5.41, 5.74) is 3.35. The molecular formula is C23H24N4O. The molecule has 0 spiro atoms. The summed E-state index contributed by atoms with van der Waals surface area (Å²) >= 11 is 0. The van der Waals surface area contributed by atoms with E-state index in [1.165, 1.54) is 10.9 Å². The fraction of sp³-hybridized carbons (Fsp3) is 0.304. The Morgan fingerprint density at radius 1 is 1.00 bits per heavy atom. The number of hydrogen-bond acceptors (Lipinski definition) is 2. The largest absolute Gasteiger partial charge is 0.341 e. The van der Waals surface area contributed by atoms with E-state index >= 15 is 0 Å². The van der Waals surface area contributed by atoms with E-state index in [-0.39, 0.29) is 5.91 Å². The molecule has 1 fully saturated rings. The lowest BCUT2D eigenvalue weighted by Crippen LogP contribution is -2.40. The third-order valence-electron chi connectivity index (χ3n) is 6.02. The predicted octanol–water partition coefficient (Wildman–Crippen LogP) is 3.93.